The lowest BCUT2D eigenvalue weighted by Crippen LogP contribution is -2.32. The van der Waals surface area contributed by atoms with Crippen LogP contribution >= 0.6 is 11.6 Å². The fourth-order valence-electron chi connectivity index (χ4n) is 3.79. The summed E-state index contributed by atoms with van der Waals surface area (Å²) in [4.78, 5) is 15.4. The largest absolute Gasteiger partial charge is 0.480 e. The first-order valence-corrected chi connectivity index (χ1v) is 10.9. The van der Waals surface area contributed by atoms with Gasteiger partial charge in [0.25, 0.3) is 0 Å². The van der Waals surface area contributed by atoms with Gasteiger partial charge in [0.2, 0.25) is 0 Å². The first kappa shape index (κ1) is 22.7. The number of aliphatic carboxylic acids is 1. The van der Waals surface area contributed by atoms with Gasteiger partial charge in [0.1, 0.15) is 11.9 Å². The highest BCUT2D eigenvalue weighted by Crippen LogP contribution is 2.35. The Labute approximate surface area is 196 Å². The molecule has 4 aromatic rings. The molecule has 0 bridgehead atoms. The predicted octanol–water partition coefficient (Wildman–Crippen LogP) is 5.82. The third kappa shape index (κ3) is 4.97. The van der Waals surface area contributed by atoms with E-state index in [1.807, 2.05) is 49.4 Å². The lowest BCUT2D eigenvalue weighted by atomic mass is 9.99. The van der Waals surface area contributed by atoms with E-state index < -0.39 is 12.0 Å². The van der Waals surface area contributed by atoms with Gasteiger partial charge < -0.3 is 16.2 Å². The molecule has 4 rings (SSSR count). The Morgan fingerprint density at radius 3 is 2.52 bits per heavy atom. The SMILES string of the molecule is C[C@@H](Nc1c(Cl)cnc2ccc(-c3ccc(CC(N)C(=O)O)cc3)cc12)c1ccccc1F. The van der Waals surface area contributed by atoms with Crippen molar-refractivity contribution in [3.63, 3.8) is 0 Å². The van der Waals surface area contributed by atoms with E-state index in [4.69, 9.17) is 22.4 Å². The van der Waals surface area contributed by atoms with Crippen LogP contribution in [0.5, 0.6) is 0 Å². The number of anilines is 1. The normalized spacial score (nSPS) is 13.0. The van der Waals surface area contributed by atoms with Crippen LogP contribution in [0.15, 0.2) is 72.9 Å². The van der Waals surface area contributed by atoms with Crippen molar-refractivity contribution in [2.45, 2.75) is 25.4 Å². The average Bonchev–Trinajstić information content (AvgIpc) is 2.81. The molecular weight excluding hydrogens is 441 g/mol. The van der Waals surface area contributed by atoms with E-state index in [2.05, 4.69) is 10.3 Å². The maximum Gasteiger partial charge on any atom is 0.320 e. The molecule has 1 heterocycles. The van der Waals surface area contributed by atoms with Crippen LogP contribution < -0.4 is 11.1 Å². The number of benzene rings is 3. The Bertz CT molecular complexity index is 1310. The molecule has 0 radical (unpaired) electrons. The first-order chi connectivity index (χ1) is 15.8. The molecule has 1 aromatic heterocycles. The first-order valence-electron chi connectivity index (χ1n) is 10.5. The van der Waals surface area contributed by atoms with E-state index in [0.29, 0.717) is 16.3 Å². The number of hydrogen-bond acceptors (Lipinski definition) is 4. The number of halogens is 2. The van der Waals surface area contributed by atoms with Gasteiger partial charge in [-0.15, -0.1) is 0 Å². The number of rotatable bonds is 7. The Kier molecular flexibility index (Phi) is 6.58. The summed E-state index contributed by atoms with van der Waals surface area (Å²) in [6.07, 6.45) is 1.84. The van der Waals surface area contributed by atoms with Gasteiger partial charge in [0.05, 0.1) is 22.3 Å². The van der Waals surface area contributed by atoms with Gasteiger partial charge in [-0.2, -0.15) is 0 Å². The van der Waals surface area contributed by atoms with Crippen LogP contribution in [-0.4, -0.2) is 22.1 Å². The summed E-state index contributed by atoms with van der Waals surface area (Å²) in [7, 11) is 0. The van der Waals surface area contributed by atoms with Crippen LogP contribution in [0.4, 0.5) is 10.1 Å². The molecule has 0 aliphatic rings. The molecule has 0 fully saturated rings. The van der Waals surface area contributed by atoms with Crippen LogP contribution in [0.1, 0.15) is 24.1 Å². The van der Waals surface area contributed by atoms with Gasteiger partial charge >= 0.3 is 5.97 Å². The van der Waals surface area contributed by atoms with Gasteiger partial charge in [-0.3, -0.25) is 9.78 Å². The Hall–Kier alpha value is -3.48. The molecule has 1 unspecified atom stereocenters. The fourth-order valence-corrected chi connectivity index (χ4v) is 3.99. The van der Waals surface area contributed by atoms with Crippen molar-refractivity contribution in [2.24, 2.45) is 5.73 Å². The highest BCUT2D eigenvalue weighted by molar-refractivity contribution is 6.34. The smallest absolute Gasteiger partial charge is 0.320 e. The number of hydrogen-bond donors (Lipinski definition) is 3. The van der Waals surface area contributed by atoms with Crippen molar-refractivity contribution in [1.82, 2.24) is 4.98 Å². The third-order valence-corrected chi connectivity index (χ3v) is 5.90. The molecule has 0 amide bonds. The lowest BCUT2D eigenvalue weighted by Gasteiger charge is -2.19. The fraction of sp³-hybridized carbons (Fsp3) is 0.154. The molecule has 168 valence electrons. The van der Waals surface area contributed by atoms with E-state index in [1.54, 1.807) is 24.4 Å². The van der Waals surface area contributed by atoms with Gasteiger partial charge in [-0.1, -0.05) is 60.1 Å². The van der Waals surface area contributed by atoms with Crippen LogP contribution in [0.3, 0.4) is 0 Å². The molecule has 4 N–H and O–H groups in total. The Balaban J connectivity index is 1.67. The van der Waals surface area contributed by atoms with E-state index in [1.165, 1.54) is 6.07 Å². The quantitative estimate of drug-likeness (QED) is 0.321. The molecular formula is C26H23ClFN3O2. The number of aromatic nitrogens is 1. The maximum atomic E-state index is 14.3. The summed E-state index contributed by atoms with van der Waals surface area (Å²) < 4.78 is 14.3. The maximum absolute atomic E-state index is 14.3. The zero-order chi connectivity index (χ0) is 23.5. The number of nitrogens with one attached hydrogen (secondary N) is 1. The summed E-state index contributed by atoms with van der Waals surface area (Å²) in [5.41, 5.74) is 10.4. The number of carbonyl (C=O) groups is 1. The third-order valence-electron chi connectivity index (χ3n) is 5.61. The summed E-state index contributed by atoms with van der Waals surface area (Å²) >= 11 is 6.49. The Morgan fingerprint density at radius 2 is 1.82 bits per heavy atom. The predicted molar refractivity (Wildman–Crippen MR) is 130 cm³/mol. The standard InChI is InChI=1S/C26H23ClFN3O2/c1-15(19-4-2-3-5-22(19)28)31-25-20-13-18(10-11-24(20)30-14-21(25)27)17-8-6-16(7-9-17)12-23(29)26(32)33/h2-11,13-15,23H,12,29H2,1H3,(H,30,31)(H,32,33)/t15-,23?/m1/s1. The minimum absolute atomic E-state index is 0.259. The molecule has 3 aromatic carbocycles. The molecule has 0 spiro atoms. The summed E-state index contributed by atoms with van der Waals surface area (Å²) in [5, 5.41) is 13.6. The minimum atomic E-state index is -1.03. The molecule has 7 heteroatoms. The summed E-state index contributed by atoms with van der Waals surface area (Å²) in [6.45, 7) is 1.88. The van der Waals surface area contributed by atoms with Crippen LogP contribution in [0.25, 0.3) is 22.0 Å². The van der Waals surface area contributed by atoms with Crippen LogP contribution in [0.2, 0.25) is 5.02 Å². The van der Waals surface area contributed by atoms with Gasteiger partial charge in [0.15, 0.2) is 0 Å². The number of nitrogens with two attached hydrogens (primary N) is 1. The highest BCUT2D eigenvalue weighted by Gasteiger charge is 2.16. The van der Waals surface area contributed by atoms with Gasteiger partial charge in [0, 0.05) is 17.1 Å². The second kappa shape index (κ2) is 9.57. The van der Waals surface area contributed by atoms with E-state index in [9.17, 15) is 9.18 Å². The zero-order valence-corrected chi connectivity index (χ0v) is 18.7. The molecule has 2 atom stereocenters. The molecule has 0 saturated carbocycles. The summed E-state index contributed by atoms with van der Waals surface area (Å²) in [6, 6.07) is 18.9. The van der Waals surface area contributed by atoms with E-state index in [-0.39, 0.29) is 18.3 Å². The molecule has 0 aliphatic carbocycles. The van der Waals surface area contributed by atoms with Crippen LogP contribution in [0, 0.1) is 5.82 Å². The van der Waals surface area contributed by atoms with Crippen molar-refractivity contribution < 1.29 is 14.3 Å². The Morgan fingerprint density at radius 1 is 1.12 bits per heavy atom. The minimum Gasteiger partial charge on any atom is -0.480 e. The van der Waals surface area contributed by atoms with Gasteiger partial charge in [-0.25, -0.2) is 4.39 Å². The average molecular weight is 464 g/mol. The zero-order valence-electron chi connectivity index (χ0n) is 17.9. The van der Waals surface area contributed by atoms with Crippen molar-refractivity contribution in [3.8, 4) is 11.1 Å². The van der Waals surface area contributed by atoms with Crippen molar-refractivity contribution >= 4 is 34.2 Å². The van der Waals surface area contributed by atoms with E-state index in [0.717, 1.165) is 27.6 Å². The number of nitrogens with zero attached hydrogens (tertiary/aromatic N) is 1. The van der Waals surface area contributed by atoms with E-state index >= 15 is 0 Å². The summed E-state index contributed by atoms with van der Waals surface area (Å²) in [5.74, 6) is -1.31. The monoisotopic (exact) mass is 463 g/mol. The van der Waals surface area contributed by atoms with Crippen LogP contribution in [-0.2, 0) is 11.2 Å². The molecule has 33 heavy (non-hydrogen) atoms. The molecule has 5 nitrogen and oxygen atoms in total. The van der Waals surface area contributed by atoms with Crippen molar-refractivity contribution in [3.05, 3.63) is 94.9 Å². The molecule has 0 aliphatic heterocycles. The second-order valence-electron chi connectivity index (χ2n) is 7.95. The number of fused-ring (bicyclic) bond motifs is 1. The lowest BCUT2D eigenvalue weighted by molar-refractivity contribution is -0.138. The van der Waals surface area contributed by atoms with Crippen molar-refractivity contribution in [1.29, 1.82) is 0 Å². The second-order valence-corrected chi connectivity index (χ2v) is 8.35. The number of carboxylic acids is 1. The highest BCUT2D eigenvalue weighted by atomic mass is 35.5. The number of pyridine rings is 1. The number of carboxylic acid groups (broad SMARTS) is 1. The van der Waals surface area contributed by atoms with Crippen molar-refractivity contribution in [2.75, 3.05) is 5.32 Å². The van der Waals surface area contributed by atoms with Gasteiger partial charge in [-0.05, 0) is 48.2 Å². The topological polar surface area (TPSA) is 88.2 Å². The molecule has 0 saturated heterocycles.